The summed E-state index contributed by atoms with van der Waals surface area (Å²) in [6.45, 7) is 0.435. The number of aryl methyl sites for hydroxylation is 1. The quantitative estimate of drug-likeness (QED) is 0.633. The average Bonchev–Trinajstić information content (AvgIpc) is 3.16. The maximum atomic E-state index is 12.0. The molecule has 0 fully saturated rings. The molecule has 0 spiro atoms. The van der Waals surface area contributed by atoms with Crippen LogP contribution < -0.4 is 10.1 Å². The molecule has 2 aromatic carbocycles. The van der Waals surface area contributed by atoms with Gasteiger partial charge in [-0.05, 0) is 36.8 Å². The van der Waals surface area contributed by atoms with Crippen LogP contribution in [0.15, 0.2) is 53.1 Å². The average molecular weight is 386 g/mol. The first-order valence-corrected chi connectivity index (χ1v) is 9.00. The van der Waals surface area contributed by atoms with Gasteiger partial charge in [0.05, 0.1) is 7.11 Å². The number of para-hydroxylation sites is 1. The van der Waals surface area contributed by atoms with Gasteiger partial charge in [0.1, 0.15) is 5.75 Å². The number of amides is 1. The van der Waals surface area contributed by atoms with E-state index in [-0.39, 0.29) is 5.91 Å². The minimum atomic E-state index is -0.0293. The van der Waals surface area contributed by atoms with Crippen LogP contribution in [-0.4, -0.2) is 23.2 Å². The van der Waals surface area contributed by atoms with Crippen LogP contribution in [0.5, 0.6) is 5.75 Å². The fraction of sp³-hybridized carbons (Fsp3) is 0.250. The number of carbonyl (C=O) groups is 1. The van der Waals surface area contributed by atoms with E-state index in [9.17, 15) is 4.79 Å². The van der Waals surface area contributed by atoms with Crippen LogP contribution in [0, 0.1) is 0 Å². The minimum absolute atomic E-state index is 0.0293. The third-order valence-electron chi connectivity index (χ3n) is 4.03. The molecule has 0 unspecified atom stereocenters. The number of methoxy groups -OCH3 is 1. The predicted octanol–water partition coefficient (Wildman–Crippen LogP) is 4.04. The molecule has 27 heavy (non-hydrogen) atoms. The second kappa shape index (κ2) is 9.19. The van der Waals surface area contributed by atoms with Gasteiger partial charge in [-0.15, -0.1) is 0 Å². The monoisotopic (exact) mass is 385 g/mol. The van der Waals surface area contributed by atoms with E-state index in [2.05, 4.69) is 15.5 Å². The van der Waals surface area contributed by atoms with E-state index in [1.165, 1.54) is 0 Å². The van der Waals surface area contributed by atoms with Crippen LogP contribution in [0.3, 0.4) is 0 Å². The van der Waals surface area contributed by atoms with Crippen LogP contribution in [0.1, 0.15) is 24.3 Å². The Balaban J connectivity index is 1.44. The molecule has 0 radical (unpaired) electrons. The Hall–Kier alpha value is -2.86. The fourth-order valence-electron chi connectivity index (χ4n) is 2.60. The molecule has 0 saturated heterocycles. The standard InChI is InChI=1S/C20H20ClN3O3/c1-26-17-6-3-2-5-15(17)13-22-18(25)7-4-8-19-23-20(24-27-19)14-9-11-16(21)12-10-14/h2-3,5-6,9-12H,4,7-8,13H2,1H3,(H,22,25). The first-order chi connectivity index (χ1) is 13.2. The lowest BCUT2D eigenvalue weighted by Gasteiger charge is -2.09. The second-order valence-corrected chi connectivity index (χ2v) is 6.40. The van der Waals surface area contributed by atoms with Crippen molar-refractivity contribution in [1.29, 1.82) is 0 Å². The van der Waals surface area contributed by atoms with E-state index in [0.29, 0.717) is 42.5 Å². The van der Waals surface area contributed by atoms with Crippen molar-refractivity contribution in [1.82, 2.24) is 15.5 Å². The summed E-state index contributed by atoms with van der Waals surface area (Å²) >= 11 is 5.88. The molecule has 0 aliphatic carbocycles. The van der Waals surface area contributed by atoms with Crippen molar-refractivity contribution in [3.8, 4) is 17.1 Å². The van der Waals surface area contributed by atoms with Crippen molar-refractivity contribution in [2.75, 3.05) is 7.11 Å². The van der Waals surface area contributed by atoms with E-state index in [4.69, 9.17) is 20.9 Å². The number of rotatable bonds is 8. The van der Waals surface area contributed by atoms with Gasteiger partial charge in [0.2, 0.25) is 17.6 Å². The topological polar surface area (TPSA) is 77.2 Å². The molecule has 3 rings (SSSR count). The lowest BCUT2D eigenvalue weighted by atomic mass is 10.2. The second-order valence-electron chi connectivity index (χ2n) is 5.96. The van der Waals surface area contributed by atoms with Crippen molar-refractivity contribution in [3.05, 3.63) is 65.0 Å². The minimum Gasteiger partial charge on any atom is -0.496 e. The summed E-state index contributed by atoms with van der Waals surface area (Å²) < 4.78 is 10.5. The highest BCUT2D eigenvalue weighted by Crippen LogP contribution is 2.19. The highest BCUT2D eigenvalue weighted by molar-refractivity contribution is 6.30. The van der Waals surface area contributed by atoms with Crippen molar-refractivity contribution in [2.45, 2.75) is 25.8 Å². The zero-order valence-corrected chi connectivity index (χ0v) is 15.7. The third-order valence-corrected chi connectivity index (χ3v) is 4.29. The number of nitrogens with one attached hydrogen (secondary N) is 1. The lowest BCUT2D eigenvalue weighted by molar-refractivity contribution is -0.121. The Morgan fingerprint density at radius 2 is 1.96 bits per heavy atom. The summed E-state index contributed by atoms with van der Waals surface area (Å²) in [7, 11) is 1.61. The number of ether oxygens (including phenoxy) is 1. The Kier molecular flexibility index (Phi) is 6.44. The summed E-state index contributed by atoms with van der Waals surface area (Å²) in [5, 5.41) is 7.52. The van der Waals surface area contributed by atoms with Crippen LogP contribution >= 0.6 is 11.6 Å². The smallest absolute Gasteiger partial charge is 0.226 e. The van der Waals surface area contributed by atoms with Crippen LogP contribution in [0.4, 0.5) is 0 Å². The number of carbonyl (C=O) groups excluding carboxylic acids is 1. The molecular weight excluding hydrogens is 366 g/mol. The summed E-state index contributed by atoms with van der Waals surface area (Å²) in [5.74, 6) is 1.76. The van der Waals surface area contributed by atoms with E-state index in [1.54, 1.807) is 19.2 Å². The van der Waals surface area contributed by atoms with Crippen molar-refractivity contribution in [3.63, 3.8) is 0 Å². The Bertz CT molecular complexity index is 893. The molecular formula is C20H20ClN3O3. The van der Waals surface area contributed by atoms with E-state index >= 15 is 0 Å². The van der Waals surface area contributed by atoms with Gasteiger partial charge >= 0.3 is 0 Å². The van der Waals surface area contributed by atoms with Gasteiger partial charge in [0.25, 0.3) is 0 Å². The largest absolute Gasteiger partial charge is 0.496 e. The number of halogens is 1. The Morgan fingerprint density at radius 1 is 1.19 bits per heavy atom. The summed E-state index contributed by atoms with van der Waals surface area (Å²) in [4.78, 5) is 16.4. The fourth-order valence-corrected chi connectivity index (χ4v) is 2.73. The molecule has 140 valence electrons. The summed E-state index contributed by atoms with van der Waals surface area (Å²) in [5.41, 5.74) is 1.78. The molecule has 1 aromatic heterocycles. The number of aromatic nitrogens is 2. The van der Waals surface area contributed by atoms with Crippen molar-refractivity contribution >= 4 is 17.5 Å². The Morgan fingerprint density at radius 3 is 2.74 bits per heavy atom. The van der Waals surface area contributed by atoms with Crippen LogP contribution in [-0.2, 0) is 17.8 Å². The number of benzene rings is 2. The molecule has 3 aromatic rings. The third kappa shape index (κ3) is 5.31. The van der Waals surface area contributed by atoms with Crippen molar-refractivity contribution in [2.24, 2.45) is 0 Å². The maximum absolute atomic E-state index is 12.0. The molecule has 0 saturated carbocycles. The van der Waals surface area contributed by atoms with Gasteiger partial charge in [-0.3, -0.25) is 4.79 Å². The molecule has 7 heteroatoms. The van der Waals surface area contributed by atoms with Crippen LogP contribution in [0.2, 0.25) is 5.02 Å². The molecule has 0 aliphatic rings. The number of hydrogen-bond acceptors (Lipinski definition) is 5. The highest BCUT2D eigenvalue weighted by Gasteiger charge is 2.10. The van der Waals surface area contributed by atoms with E-state index in [1.807, 2.05) is 36.4 Å². The molecule has 1 N–H and O–H groups in total. The summed E-state index contributed by atoms with van der Waals surface area (Å²) in [6, 6.07) is 14.8. The van der Waals surface area contributed by atoms with Gasteiger partial charge in [0.15, 0.2) is 0 Å². The van der Waals surface area contributed by atoms with Gasteiger partial charge in [-0.2, -0.15) is 4.98 Å². The molecule has 1 amide bonds. The van der Waals surface area contributed by atoms with E-state index in [0.717, 1.165) is 16.9 Å². The van der Waals surface area contributed by atoms with Crippen molar-refractivity contribution < 1.29 is 14.1 Å². The van der Waals surface area contributed by atoms with Gasteiger partial charge in [-0.25, -0.2) is 0 Å². The molecule has 0 atom stereocenters. The van der Waals surface area contributed by atoms with E-state index < -0.39 is 0 Å². The predicted molar refractivity (Wildman–Crippen MR) is 103 cm³/mol. The zero-order chi connectivity index (χ0) is 19.1. The normalized spacial score (nSPS) is 10.6. The number of hydrogen-bond donors (Lipinski definition) is 1. The first kappa shape index (κ1) is 18.9. The molecule has 1 heterocycles. The van der Waals surface area contributed by atoms with Gasteiger partial charge in [0, 0.05) is 35.5 Å². The zero-order valence-electron chi connectivity index (χ0n) is 14.9. The first-order valence-electron chi connectivity index (χ1n) is 8.63. The Labute approximate surface area is 162 Å². The summed E-state index contributed by atoms with van der Waals surface area (Å²) in [6.07, 6.45) is 1.55. The van der Waals surface area contributed by atoms with Gasteiger partial charge in [-0.1, -0.05) is 35.0 Å². The molecule has 6 nitrogen and oxygen atoms in total. The maximum Gasteiger partial charge on any atom is 0.226 e. The highest BCUT2D eigenvalue weighted by atomic mass is 35.5. The molecule has 0 aliphatic heterocycles. The SMILES string of the molecule is COc1ccccc1CNC(=O)CCCc1nc(-c2ccc(Cl)cc2)no1. The number of nitrogens with zero attached hydrogens (tertiary/aromatic N) is 2. The van der Waals surface area contributed by atoms with Crippen LogP contribution in [0.25, 0.3) is 11.4 Å². The lowest BCUT2D eigenvalue weighted by Crippen LogP contribution is -2.22. The molecule has 0 bridgehead atoms. The van der Waals surface area contributed by atoms with Gasteiger partial charge < -0.3 is 14.6 Å².